The molecular weight excluding hydrogens is 732 g/mol. The van der Waals surface area contributed by atoms with Gasteiger partial charge in [0.2, 0.25) is 5.91 Å². The lowest BCUT2D eigenvalue weighted by molar-refractivity contribution is -0.116. The number of fused-ring (bicyclic) bond motifs is 1. The molecule has 2 aliphatic heterocycles. The highest BCUT2D eigenvalue weighted by molar-refractivity contribution is 6.32. The van der Waals surface area contributed by atoms with Crippen molar-refractivity contribution in [2.75, 3.05) is 16.8 Å². The number of ether oxygens (including phenoxy) is 1. The van der Waals surface area contributed by atoms with E-state index in [1.54, 1.807) is 24.3 Å². The number of amides is 1. The Morgan fingerprint density at radius 1 is 1.02 bits per heavy atom. The minimum Gasteiger partial charge on any atom is -0.480 e. The van der Waals surface area contributed by atoms with Crippen molar-refractivity contribution in [1.29, 1.82) is 15.8 Å². The van der Waals surface area contributed by atoms with Crippen LogP contribution in [-0.2, 0) is 14.9 Å². The van der Waals surface area contributed by atoms with Crippen molar-refractivity contribution in [2.24, 2.45) is 16.4 Å². The quantitative estimate of drug-likeness (QED) is 0.0784. The predicted octanol–water partition coefficient (Wildman–Crippen LogP) is 12.2. The fraction of sp³-hybridized carbons (Fsp3) is 0.391. The number of rotatable bonds is 11. The third kappa shape index (κ3) is 9.36. The Morgan fingerprint density at radius 3 is 2.37 bits per heavy atom. The molecule has 57 heavy (non-hydrogen) atoms. The van der Waals surface area contributed by atoms with E-state index in [1.165, 1.54) is 16.9 Å². The second kappa shape index (κ2) is 17.4. The molecule has 2 heterocycles. The van der Waals surface area contributed by atoms with Crippen LogP contribution in [0.5, 0.6) is 0 Å². The van der Waals surface area contributed by atoms with Gasteiger partial charge >= 0.3 is 0 Å². The molecule has 292 valence electrons. The lowest BCUT2D eigenvalue weighted by Gasteiger charge is -2.36. The number of anilines is 2. The zero-order valence-electron chi connectivity index (χ0n) is 33.8. The summed E-state index contributed by atoms with van der Waals surface area (Å²) in [5, 5.41) is 36.3. The van der Waals surface area contributed by atoms with Gasteiger partial charge in [-0.2, -0.15) is 15.8 Å². The fourth-order valence-corrected chi connectivity index (χ4v) is 8.01. The lowest BCUT2D eigenvalue weighted by atomic mass is 9.70. The van der Waals surface area contributed by atoms with Crippen molar-refractivity contribution in [1.82, 2.24) is 0 Å². The van der Waals surface area contributed by atoms with E-state index in [4.69, 9.17) is 21.9 Å². The summed E-state index contributed by atoms with van der Waals surface area (Å²) in [6, 6.07) is 21.2. The summed E-state index contributed by atoms with van der Waals surface area (Å²) in [5.41, 5.74) is 14.7. The van der Waals surface area contributed by atoms with Crippen LogP contribution in [-0.4, -0.2) is 18.1 Å². The number of carbonyl (C=O) groups is 1. The lowest BCUT2D eigenvalue weighted by Crippen LogP contribution is -2.27. The first-order valence-corrected chi connectivity index (χ1v) is 19.6. The van der Waals surface area contributed by atoms with Crippen LogP contribution < -0.4 is 10.2 Å². The molecule has 2 aromatic rings. The molecule has 0 radical (unpaired) electrons. The van der Waals surface area contributed by atoms with Gasteiger partial charge in [0.15, 0.2) is 11.3 Å². The first-order chi connectivity index (χ1) is 27.0. The first kappa shape index (κ1) is 42.2. The van der Waals surface area contributed by atoms with Crippen LogP contribution in [0, 0.1) is 45.3 Å². The number of carbonyl (C=O) groups excluding carboxylic acids is 1. The number of hydrogen-bond acceptors (Lipinski definition) is 7. The number of halogens is 1. The largest absolute Gasteiger partial charge is 0.480 e. The third-order valence-electron chi connectivity index (χ3n) is 11.1. The third-order valence-corrected chi connectivity index (χ3v) is 11.6. The number of azide groups is 1. The molecular formula is C46H49ClN8O2. The van der Waals surface area contributed by atoms with E-state index in [-0.39, 0.29) is 33.6 Å². The van der Waals surface area contributed by atoms with Gasteiger partial charge in [-0.25, -0.2) is 0 Å². The van der Waals surface area contributed by atoms with Crippen LogP contribution in [0.2, 0.25) is 0 Å². The van der Waals surface area contributed by atoms with Gasteiger partial charge in [-0.15, -0.1) is 0 Å². The molecule has 10 nitrogen and oxygen atoms in total. The van der Waals surface area contributed by atoms with Crippen molar-refractivity contribution in [3.8, 4) is 18.2 Å². The molecule has 0 saturated heterocycles. The van der Waals surface area contributed by atoms with E-state index in [1.807, 2.05) is 38.1 Å². The summed E-state index contributed by atoms with van der Waals surface area (Å²) in [4.78, 5) is 17.8. The molecule has 2 aromatic carbocycles. The Bertz CT molecular complexity index is 2270. The normalized spacial score (nSPS) is 19.8. The maximum atomic E-state index is 12.7. The van der Waals surface area contributed by atoms with Crippen LogP contribution in [0.1, 0.15) is 92.6 Å². The van der Waals surface area contributed by atoms with Crippen molar-refractivity contribution in [3.63, 3.8) is 0 Å². The van der Waals surface area contributed by atoms with Gasteiger partial charge in [-0.3, -0.25) is 4.79 Å². The van der Waals surface area contributed by atoms with Crippen LogP contribution in [0.25, 0.3) is 10.4 Å². The highest BCUT2D eigenvalue weighted by atomic mass is 35.5. The summed E-state index contributed by atoms with van der Waals surface area (Å²) < 4.78 is 5.99. The molecule has 0 aromatic heterocycles. The van der Waals surface area contributed by atoms with Gasteiger partial charge < -0.3 is 15.0 Å². The van der Waals surface area contributed by atoms with E-state index in [9.17, 15) is 20.6 Å². The maximum absolute atomic E-state index is 12.7. The Kier molecular flexibility index (Phi) is 12.9. The van der Waals surface area contributed by atoms with Crippen molar-refractivity contribution < 1.29 is 9.53 Å². The van der Waals surface area contributed by atoms with Gasteiger partial charge in [-0.05, 0) is 97.4 Å². The summed E-state index contributed by atoms with van der Waals surface area (Å²) in [5.74, 6) is 0.251. The van der Waals surface area contributed by atoms with Gasteiger partial charge in [0, 0.05) is 56.7 Å². The monoisotopic (exact) mass is 780 g/mol. The SMILES string of the molecule is CC1(C)OC(=C(C#N)C#N)C(C#N)=C1/C=C/C1=C(Cl)C(=C/C=C2/N(CCCCCC(=O)Nc3ccc(N=[N+]=[N-])cc3)c3ccccc3C2(C)C)/CC(C(C)(C)C)C1. The molecule has 3 aliphatic rings. The maximum Gasteiger partial charge on any atom is 0.224 e. The topological polar surface area (TPSA) is 162 Å². The van der Waals surface area contributed by atoms with Crippen LogP contribution in [0.15, 0.2) is 122 Å². The Labute approximate surface area is 341 Å². The molecule has 1 atom stereocenters. The molecule has 11 heteroatoms. The van der Waals surface area contributed by atoms with Gasteiger partial charge in [0.25, 0.3) is 0 Å². The van der Waals surface area contributed by atoms with Crippen LogP contribution >= 0.6 is 11.6 Å². The van der Waals surface area contributed by atoms with Crippen molar-refractivity contribution >= 4 is 34.6 Å². The van der Waals surface area contributed by atoms with E-state index in [2.05, 4.69) is 97.3 Å². The number of nitrogens with zero attached hydrogens (tertiary/aromatic N) is 7. The number of nitriles is 3. The molecule has 5 rings (SSSR count). The van der Waals surface area contributed by atoms with E-state index in [0.717, 1.165) is 49.8 Å². The van der Waals surface area contributed by atoms with Crippen molar-refractivity contribution in [3.05, 3.63) is 133 Å². The van der Waals surface area contributed by atoms with Gasteiger partial charge in [-0.1, -0.05) is 106 Å². The number of allylic oxidation sites excluding steroid dienone is 9. The predicted molar refractivity (Wildman–Crippen MR) is 226 cm³/mol. The molecule has 1 unspecified atom stereocenters. The number of para-hydroxylation sites is 1. The van der Waals surface area contributed by atoms with E-state index < -0.39 is 5.60 Å². The summed E-state index contributed by atoms with van der Waals surface area (Å²) in [6.45, 7) is 15.7. The van der Waals surface area contributed by atoms with Gasteiger partial charge in [0.05, 0.1) is 0 Å². The summed E-state index contributed by atoms with van der Waals surface area (Å²) in [7, 11) is 0. The summed E-state index contributed by atoms with van der Waals surface area (Å²) in [6.07, 6.45) is 12.7. The number of hydrogen-bond donors (Lipinski definition) is 1. The molecule has 1 N–H and O–H groups in total. The number of benzene rings is 2. The fourth-order valence-electron chi connectivity index (χ4n) is 7.73. The van der Waals surface area contributed by atoms with Crippen LogP contribution in [0.4, 0.5) is 17.1 Å². The number of unbranched alkanes of at least 4 members (excludes halogenated alkanes) is 2. The molecule has 0 spiro atoms. The zero-order chi connectivity index (χ0) is 41.5. The van der Waals surface area contributed by atoms with Crippen LogP contribution in [0.3, 0.4) is 0 Å². The molecule has 1 amide bonds. The molecule has 0 saturated carbocycles. The van der Waals surface area contributed by atoms with E-state index in [0.29, 0.717) is 34.3 Å². The second-order valence-corrected chi connectivity index (χ2v) is 17.1. The average molecular weight is 781 g/mol. The Hall–Kier alpha value is -5.98. The molecule has 0 bridgehead atoms. The minimum absolute atomic E-state index is 0.0103. The smallest absolute Gasteiger partial charge is 0.224 e. The second-order valence-electron chi connectivity index (χ2n) is 16.7. The minimum atomic E-state index is -0.925. The highest BCUT2D eigenvalue weighted by Crippen LogP contribution is 2.49. The molecule has 0 fully saturated rings. The first-order valence-electron chi connectivity index (χ1n) is 19.2. The van der Waals surface area contributed by atoms with Gasteiger partial charge in [0.1, 0.15) is 29.4 Å². The highest BCUT2D eigenvalue weighted by Gasteiger charge is 2.41. The summed E-state index contributed by atoms with van der Waals surface area (Å²) >= 11 is 7.27. The Morgan fingerprint density at radius 2 is 1.72 bits per heavy atom. The Balaban J connectivity index is 1.39. The number of nitrogens with one attached hydrogen (secondary N) is 1. The van der Waals surface area contributed by atoms with E-state index >= 15 is 0 Å². The molecule has 1 aliphatic carbocycles. The van der Waals surface area contributed by atoms with Crippen molar-refractivity contribution in [2.45, 2.75) is 98.0 Å². The standard InChI is InChI=1S/C46H49ClN8O2/c1-44(2,3)33-25-30(16-22-37-36(29-50)43(32(27-48)28-49)57-46(37,6)7)42(47)31(26-33)17-23-40-45(4,5)38-13-10-11-14-39(38)55(40)24-12-8-9-15-41(56)52-34-18-20-35(21-19-34)53-54-51/h10-11,13-14,16-23,33H,8-9,12,15,24-26H2,1-7H3,(H,52,56)/b22-16+,31-17+,40-23+. The average Bonchev–Trinajstić information content (AvgIpc) is 3.55. The zero-order valence-corrected chi connectivity index (χ0v) is 34.5.